The van der Waals surface area contributed by atoms with Crippen LogP contribution >= 0.6 is 7.82 Å². The molecule has 3 N–H and O–H groups in total. The van der Waals surface area contributed by atoms with E-state index in [9.17, 15) is 19.0 Å². The number of carbonyl (C=O) groups is 2. The van der Waals surface area contributed by atoms with Gasteiger partial charge in [0.15, 0.2) is 6.10 Å². The number of unbranched alkanes of at least 4 members (excludes halogenated alkanes) is 11. The maximum absolute atomic E-state index is 12.8. The minimum Gasteiger partial charge on any atom is -0.462 e. The number of esters is 2. The van der Waals surface area contributed by atoms with E-state index in [4.69, 9.17) is 24.3 Å². The quantitative estimate of drug-likeness (QED) is 0.0264. The summed E-state index contributed by atoms with van der Waals surface area (Å²) in [5, 5.41) is 0. The fourth-order valence-corrected chi connectivity index (χ4v) is 9.24. The number of hydrogen-bond acceptors (Lipinski definition) is 8. The minimum atomic E-state index is -4.42. The molecule has 0 saturated heterocycles. The zero-order valence-corrected chi connectivity index (χ0v) is 57.6. The molecule has 0 fully saturated rings. The van der Waals surface area contributed by atoms with E-state index < -0.39 is 32.5 Å². The van der Waals surface area contributed by atoms with Crippen molar-refractivity contribution in [3.8, 4) is 0 Å². The number of allylic oxidation sites excluding steroid dienone is 38. The number of rotatable bonds is 62. The highest BCUT2D eigenvalue weighted by molar-refractivity contribution is 7.47. The Hall–Kier alpha value is -5.93. The van der Waals surface area contributed by atoms with E-state index in [2.05, 4.69) is 245 Å². The predicted octanol–water partition coefficient (Wildman–Crippen LogP) is 23.4. The third-order valence-corrected chi connectivity index (χ3v) is 14.5. The highest BCUT2D eigenvalue weighted by atomic mass is 31.2. The molecule has 506 valence electrons. The molecule has 91 heavy (non-hydrogen) atoms. The summed E-state index contributed by atoms with van der Waals surface area (Å²) in [5.41, 5.74) is 5.40. The molecule has 0 spiro atoms. The summed E-state index contributed by atoms with van der Waals surface area (Å²) in [7, 11) is -4.42. The van der Waals surface area contributed by atoms with Crippen molar-refractivity contribution >= 4 is 19.8 Å². The number of ether oxygens (including phenoxy) is 2. The molecule has 0 aliphatic carbocycles. The Morgan fingerprint density at radius 2 is 0.571 bits per heavy atom. The van der Waals surface area contributed by atoms with Gasteiger partial charge in [-0.1, -0.05) is 290 Å². The third kappa shape index (κ3) is 73.0. The molecule has 0 aromatic rings. The van der Waals surface area contributed by atoms with Crippen molar-refractivity contribution in [2.24, 2.45) is 5.73 Å². The fraction of sp³-hybridized carbons (Fsp3) is 0.506. The normalized spacial score (nSPS) is 14.4. The second-order valence-electron chi connectivity index (χ2n) is 21.9. The SMILES string of the molecule is CC/C=C\C/C=C\C/C=C\C/C=C\C/C=C\C/C=C\C/C=C\C/C=C\C/C=C\C/C=C\CCCCCCCCC(=O)OC(COC(=O)CCCCCCC/C=C\C/C=C\C/C=C\C/C=C\C/C=C\C/C=C\C/C=C\C/C=C\C/C=C\CC)COP(=O)(O)OCCN. The lowest BCUT2D eigenvalue weighted by atomic mass is 10.1. The summed E-state index contributed by atoms with van der Waals surface area (Å²) >= 11 is 0. The predicted molar refractivity (Wildman–Crippen MR) is 394 cm³/mol. The van der Waals surface area contributed by atoms with Crippen LogP contribution in [-0.2, 0) is 32.7 Å². The van der Waals surface area contributed by atoms with E-state index in [1.54, 1.807) is 0 Å². The maximum Gasteiger partial charge on any atom is 0.472 e. The van der Waals surface area contributed by atoms with E-state index in [0.717, 1.165) is 193 Å². The van der Waals surface area contributed by atoms with Gasteiger partial charge in [-0.3, -0.25) is 18.6 Å². The van der Waals surface area contributed by atoms with Gasteiger partial charge in [0.1, 0.15) is 6.61 Å². The highest BCUT2D eigenvalue weighted by Gasteiger charge is 2.26. The smallest absolute Gasteiger partial charge is 0.462 e. The molecule has 9 nitrogen and oxygen atoms in total. The molecule has 2 atom stereocenters. The Kier molecular flexibility index (Phi) is 68.4. The average Bonchev–Trinajstić information content (AvgIpc) is 3.74. The number of phosphoric acid groups is 1. The molecular formula is C81H124NO8P. The Labute approximate surface area is 555 Å². The molecule has 0 aliphatic heterocycles. The summed E-state index contributed by atoms with van der Waals surface area (Å²) in [5.74, 6) is -0.887. The second-order valence-corrected chi connectivity index (χ2v) is 23.4. The summed E-state index contributed by atoms with van der Waals surface area (Å²) in [6.45, 7) is 3.44. The molecule has 0 bridgehead atoms. The minimum absolute atomic E-state index is 0.0345. The van der Waals surface area contributed by atoms with Crippen LogP contribution in [0.1, 0.15) is 232 Å². The van der Waals surface area contributed by atoms with Crippen LogP contribution in [0.25, 0.3) is 0 Å². The maximum atomic E-state index is 12.8. The zero-order valence-electron chi connectivity index (χ0n) is 56.7. The van der Waals surface area contributed by atoms with Gasteiger partial charge in [-0.05, 0) is 161 Å². The summed E-state index contributed by atoms with van der Waals surface area (Å²) in [4.78, 5) is 35.4. The van der Waals surface area contributed by atoms with Crippen LogP contribution < -0.4 is 5.73 Å². The standard InChI is InChI=1S/C81H124NO8P/c1-3-5-7-9-11-13-15-17-19-21-23-25-27-29-31-33-35-37-38-39-40-42-44-46-48-50-52-54-56-58-60-62-64-66-68-70-72-74-81(84)90-79(78-89-91(85,86)88-76-75-82)77-87-80(83)73-71-69-67-65-63-61-59-57-55-53-51-49-47-45-43-41-36-34-32-30-28-26-24-22-20-18-16-14-12-10-8-6-4-2/h5-8,11-14,17-20,23-26,29-32,35-37,39-41,44-47,50-53,56-59,79H,3-4,9-10,15-16,21-22,27-28,33-34,38,42-43,48-49,54-55,60-78,82H2,1-2H3,(H,85,86)/b7-5-,8-6-,13-11-,14-12-,19-17-,20-18-,25-23-,26-24-,31-29-,32-30-,37-35-,40-39-,41-36-,46-44-,47-45-,52-50-,53-51-,58-56-,59-57-. The first-order valence-electron chi connectivity index (χ1n) is 34.9. The van der Waals surface area contributed by atoms with Gasteiger partial charge in [-0.25, -0.2) is 4.57 Å². The number of phosphoric ester groups is 1. The van der Waals surface area contributed by atoms with E-state index in [0.29, 0.717) is 12.8 Å². The lowest BCUT2D eigenvalue weighted by Gasteiger charge is -2.19. The summed E-state index contributed by atoms with van der Waals surface area (Å²) < 4.78 is 33.1. The topological polar surface area (TPSA) is 134 Å². The average molecular weight is 1270 g/mol. The van der Waals surface area contributed by atoms with Gasteiger partial charge in [0.2, 0.25) is 0 Å². The summed E-state index contributed by atoms with van der Waals surface area (Å²) in [6.07, 6.45) is 115. The molecule has 0 rings (SSSR count). The molecule has 0 radical (unpaired) electrons. The molecule has 0 saturated carbocycles. The first kappa shape index (κ1) is 85.1. The van der Waals surface area contributed by atoms with Gasteiger partial charge in [0.05, 0.1) is 13.2 Å². The van der Waals surface area contributed by atoms with Gasteiger partial charge in [0, 0.05) is 19.4 Å². The van der Waals surface area contributed by atoms with E-state index >= 15 is 0 Å². The molecule has 0 aliphatic rings. The third-order valence-electron chi connectivity index (χ3n) is 13.5. The van der Waals surface area contributed by atoms with Gasteiger partial charge in [-0.2, -0.15) is 0 Å². The molecule has 10 heteroatoms. The lowest BCUT2D eigenvalue weighted by Crippen LogP contribution is -2.29. The second kappa shape index (κ2) is 73.1. The van der Waals surface area contributed by atoms with Crippen LogP contribution in [-0.4, -0.2) is 49.3 Å². The monoisotopic (exact) mass is 1270 g/mol. The van der Waals surface area contributed by atoms with E-state index in [-0.39, 0.29) is 32.6 Å². The molecule has 0 heterocycles. The van der Waals surface area contributed by atoms with Crippen molar-refractivity contribution < 1.29 is 37.6 Å². The first-order valence-corrected chi connectivity index (χ1v) is 36.4. The number of carbonyl (C=O) groups excluding carboxylic acids is 2. The van der Waals surface area contributed by atoms with Crippen LogP contribution in [0.5, 0.6) is 0 Å². The van der Waals surface area contributed by atoms with Crippen LogP contribution in [0.2, 0.25) is 0 Å². The molecular weight excluding hydrogens is 1150 g/mol. The highest BCUT2D eigenvalue weighted by Crippen LogP contribution is 2.43. The van der Waals surface area contributed by atoms with Crippen molar-refractivity contribution in [3.05, 3.63) is 231 Å². The van der Waals surface area contributed by atoms with Gasteiger partial charge < -0.3 is 20.1 Å². The van der Waals surface area contributed by atoms with E-state index in [1.807, 2.05) is 0 Å². The molecule has 0 aromatic heterocycles. The number of nitrogens with two attached hydrogens (primary N) is 1. The first-order chi connectivity index (χ1) is 44.8. The van der Waals surface area contributed by atoms with Crippen LogP contribution in [0, 0.1) is 0 Å². The lowest BCUT2D eigenvalue weighted by molar-refractivity contribution is -0.161. The Balaban J connectivity index is 4.09. The van der Waals surface area contributed by atoms with Crippen molar-refractivity contribution in [2.75, 3.05) is 26.4 Å². The van der Waals surface area contributed by atoms with Crippen molar-refractivity contribution in [3.63, 3.8) is 0 Å². The Morgan fingerprint density at radius 1 is 0.330 bits per heavy atom. The van der Waals surface area contributed by atoms with Crippen molar-refractivity contribution in [1.82, 2.24) is 0 Å². The molecule has 0 amide bonds. The molecule has 0 aromatic carbocycles. The Bertz CT molecular complexity index is 2340. The van der Waals surface area contributed by atoms with Crippen molar-refractivity contribution in [1.29, 1.82) is 0 Å². The van der Waals surface area contributed by atoms with Gasteiger partial charge in [0.25, 0.3) is 0 Å². The summed E-state index contributed by atoms with van der Waals surface area (Å²) in [6, 6.07) is 0. The zero-order chi connectivity index (χ0) is 65.8. The van der Waals surface area contributed by atoms with Gasteiger partial charge >= 0.3 is 19.8 Å². The van der Waals surface area contributed by atoms with Gasteiger partial charge in [-0.15, -0.1) is 0 Å². The van der Waals surface area contributed by atoms with Crippen LogP contribution in [0.15, 0.2) is 231 Å². The molecule has 2 unspecified atom stereocenters. The fourth-order valence-electron chi connectivity index (χ4n) is 8.48. The Morgan fingerprint density at radius 3 is 0.846 bits per heavy atom. The van der Waals surface area contributed by atoms with Crippen LogP contribution in [0.4, 0.5) is 0 Å². The van der Waals surface area contributed by atoms with E-state index in [1.165, 1.54) is 0 Å². The number of hydrogen-bond donors (Lipinski definition) is 2. The van der Waals surface area contributed by atoms with Crippen LogP contribution in [0.3, 0.4) is 0 Å². The van der Waals surface area contributed by atoms with Crippen molar-refractivity contribution in [2.45, 2.75) is 238 Å². The largest absolute Gasteiger partial charge is 0.472 e.